The highest BCUT2D eigenvalue weighted by Gasteiger charge is 2.17. The molecule has 0 unspecified atom stereocenters. The molecule has 6 nitrogen and oxygen atoms in total. The number of anilines is 1. The van der Waals surface area contributed by atoms with Gasteiger partial charge in [-0.05, 0) is 38.3 Å². The van der Waals surface area contributed by atoms with Crippen LogP contribution >= 0.6 is 0 Å². The van der Waals surface area contributed by atoms with E-state index in [1.165, 1.54) is 0 Å². The Morgan fingerprint density at radius 3 is 2.60 bits per heavy atom. The first-order valence-corrected chi connectivity index (χ1v) is 10.2. The van der Waals surface area contributed by atoms with Crippen molar-refractivity contribution in [3.8, 4) is 0 Å². The Labute approximate surface area is 149 Å². The van der Waals surface area contributed by atoms with E-state index in [0.717, 1.165) is 42.8 Å². The summed E-state index contributed by atoms with van der Waals surface area (Å²) in [5.74, 6) is 0.669. The number of rotatable bonds is 6. The highest BCUT2D eigenvalue weighted by molar-refractivity contribution is 7.88. The van der Waals surface area contributed by atoms with Crippen molar-refractivity contribution in [1.29, 1.82) is 0 Å². The summed E-state index contributed by atoms with van der Waals surface area (Å²) in [5.41, 5.74) is 3.38. The van der Waals surface area contributed by atoms with Gasteiger partial charge in [0, 0.05) is 18.8 Å². The van der Waals surface area contributed by atoms with Gasteiger partial charge in [-0.15, -0.1) is 0 Å². The third kappa shape index (κ3) is 4.99. The lowest BCUT2D eigenvalue weighted by Gasteiger charge is -2.16. The standard InChI is InChI=1S/C18H24N4O2S/c1-14-6-5-7-16(10-14)13-25(23,24)19-12-17-11-15(2)20-18(21-17)22-8-3-4-9-22/h5-7,10-11,19H,3-4,8-9,12-13H2,1-2H3. The SMILES string of the molecule is Cc1cccc(CS(=O)(=O)NCc2cc(C)nc(N3CCCC3)n2)c1. The van der Waals surface area contributed by atoms with Crippen LogP contribution in [-0.4, -0.2) is 31.5 Å². The Bertz CT molecular complexity index is 846. The molecule has 134 valence electrons. The Hall–Kier alpha value is -1.99. The summed E-state index contributed by atoms with van der Waals surface area (Å²) in [4.78, 5) is 11.2. The number of benzene rings is 1. The fraction of sp³-hybridized carbons (Fsp3) is 0.444. The van der Waals surface area contributed by atoms with Crippen LogP contribution in [0, 0.1) is 13.8 Å². The van der Waals surface area contributed by atoms with Gasteiger partial charge >= 0.3 is 0 Å². The summed E-state index contributed by atoms with van der Waals surface area (Å²) in [6.45, 7) is 5.96. The number of nitrogens with zero attached hydrogens (tertiary/aromatic N) is 3. The zero-order chi connectivity index (χ0) is 17.9. The molecule has 2 heterocycles. The first-order valence-electron chi connectivity index (χ1n) is 8.54. The predicted octanol–water partition coefficient (Wildman–Crippen LogP) is 2.31. The molecule has 0 aliphatic carbocycles. The lowest BCUT2D eigenvalue weighted by Crippen LogP contribution is -2.26. The van der Waals surface area contributed by atoms with Crippen molar-refractivity contribution >= 4 is 16.0 Å². The highest BCUT2D eigenvalue weighted by Crippen LogP contribution is 2.17. The quantitative estimate of drug-likeness (QED) is 0.856. The molecule has 1 fully saturated rings. The van der Waals surface area contributed by atoms with Crippen LogP contribution in [0.15, 0.2) is 30.3 Å². The molecule has 1 aliphatic rings. The van der Waals surface area contributed by atoms with Crippen molar-refractivity contribution in [3.05, 3.63) is 52.8 Å². The van der Waals surface area contributed by atoms with Crippen LogP contribution in [0.4, 0.5) is 5.95 Å². The summed E-state index contributed by atoms with van der Waals surface area (Å²) in [6, 6.07) is 9.37. The minimum absolute atomic E-state index is 0.0300. The molecule has 2 aromatic rings. The highest BCUT2D eigenvalue weighted by atomic mass is 32.2. The molecule has 0 saturated carbocycles. The topological polar surface area (TPSA) is 75.2 Å². The third-order valence-corrected chi connectivity index (χ3v) is 5.49. The Kier molecular flexibility index (Phi) is 5.34. The molecule has 1 aromatic carbocycles. The molecule has 7 heteroatoms. The number of aryl methyl sites for hydroxylation is 2. The average molecular weight is 360 g/mol. The van der Waals surface area contributed by atoms with Gasteiger partial charge in [0.1, 0.15) is 0 Å². The van der Waals surface area contributed by atoms with Crippen LogP contribution in [0.25, 0.3) is 0 Å². The lowest BCUT2D eigenvalue weighted by atomic mass is 10.2. The molecule has 0 spiro atoms. The number of nitrogens with one attached hydrogen (secondary N) is 1. The molecular weight excluding hydrogens is 336 g/mol. The van der Waals surface area contributed by atoms with E-state index < -0.39 is 10.0 Å². The normalized spacial score (nSPS) is 14.9. The second-order valence-corrected chi connectivity index (χ2v) is 8.37. The second kappa shape index (κ2) is 7.49. The smallest absolute Gasteiger partial charge is 0.225 e. The van der Waals surface area contributed by atoms with Crippen molar-refractivity contribution in [1.82, 2.24) is 14.7 Å². The van der Waals surface area contributed by atoms with Gasteiger partial charge in [0.15, 0.2) is 0 Å². The van der Waals surface area contributed by atoms with Gasteiger partial charge in [-0.1, -0.05) is 29.8 Å². The summed E-state index contributed by atoms with van der Waals surface area (Å²) in [7, 11) is -3.42. The van der Waals surface area contributed by atoms with Gasteiger partial charge in [-0.3, -0.25) is 0 Å². The molecular formula is C18H24N4O2S. The van der Waals surface area contributed by atoms with Gasteiger partial charge in [-0.25, -0.2) is 23.1 Å². The molecule has 0 atom stereocenters. The van der Waals surface area contributed by atoms with E-state index in [1.807, 2.05) is 44.2 Å². The Morgan fingerprint density at radius 1 is 1.12 bits per heavy atom. The van der Waals surface area contributed by atoms with Crippen LogP contribution in [-0.2, 0) is 22.3 Å². The van der Waals surface area contributed by atoms with Crippen molar-refractivity contribution in [2.75, 3.05) is 18.0 Å². The van der Waals surface area contributed by atoms with Crippen LogP contribution in [0.1, 0.15) is 35.4 Å². The van der Waals surface area contributed by atoms with E-state index in [-0.39, 0.29) is 12.3 Å². The Morgan fingerprint density at radius 2 is 1.88 bits per heavy atom. The van der Waals surface area contributed by atoms with E-state index in [4.69, 9.17) is 0 Å². The van der Waals surface area contributed by atoms with Crippen molar-refractivity contribution < 1.29 is 8.42 Å². The van der Waals surface area contributed by atoms with Gasteiger partial charge in [0.2, 0.25) is 16.0 Å². The van der Waals surface area contributed by atoms with Crippen LogP contribution < -0.4 is 9.62 Å². The minimum atomic E-state index is -3.42. The van der Waals surface area contributed by atoms with Crippen LogP contribution in [0.2, 0.25) is 0 Å². The molecule has 1 N–H and O–H groups in total. The molecule has 0 radical (unpaired) electrons. The fourth-order valence-corrected chi connectivity index (χ4v) is 4.11. The van der Waals surface area contributed by atoms with E-state index in [1.54, 1.807) is 0 Å². The molecule has 0 bridgehead atoms. The minimum Gasteiger partial charge on any atom is -0.341 e. The molecule has 1 aromatic heterocycles. The van der Waals surface area contributed by atoms with Crippen LogP contribution in [0.5, 0.6) is 0 Å². The van der Waals surface area contributed by atoms with E-state index >= 15 is 0 Å². The van der Waals surface area contributed by atoms with Crippen LogP contribution in [0.3, 0.4) is 0 Å². The number of aromatic nitrogens is 2. The first kappa shape index (κ1) is 17.8. The Balaban J connectivity index is 1.67. The largest absolute Gasteiger partial charge is 0.341 e. The summed E-state index contributed by atoms with van der Waals surface area (Å²) in [6.07, 6.45) is 2.30. The van der Waals surface area contributed by atoms with E-state index in [0.29, 0.717) is 11.6 Å². The fourth-order valence-electron chi connectivity index (χ4n) is 3.02. The molecule has 3 rings (SSSR count). The maximum Gasteiger partial charge on any atom is 0.225 e. The first-order chi connectivity index (χ1) is 11.9. The maximum absolute atomic E-state index is 12.3. The molecule has 25 heavy (non-hydrogen) atoms. The van der Waals surface area contributed by atoms with Gasteiger partial charge in [0.25, 0.3) is 0 Å². The van der Waals surface area contributed by atoms with E-state index in [9.17, 15) is 8.42 Å². The second-order valence-electron chi connectivity index (χ2n) is 6.56. The number of hydrogen-bond donors (Lipinski definition) is 1. The maximum atomic E-state index is 12.3. The lowest BCUT2D eigenvalue weighted by molar-refractivity contribution is 0.579. The molecule has 1 aliphatic heterocycles. The summed E-state index contributed by atoms with van der Waals surface area (Å²) >= 11 is 0. The molecule has 1 saturated heterocycles. The van der Waals surface area contributed by atoms with Gasteiger partial charge < -0.3 is 4.90 Å². The van der Waals surface area contributed by atoms with Gasteiger partial charge in [-0.2, -0.15) is 0 Å². The average Bonchev–Trinajstić information content (AvgIpc) is 3.07. The monoisotopic (exact) mass is 360 g/mol. The van der Waals surface area contributed by atoms with Crippen molar-refractivity contribution in [2.24, 2.45) is 0 Å². The predicted molar refractivity (Wildman–Crippen MR) is 98.9 cm³/mol. The summed E-state index contributed by atoms with van der Waals surface area (Å²) in [5, 5.41) is 0. The third-order valence-electron chi connectivity index (χ3n) is 4.20. The van der Waals surface area contributed by atoms with Gasteiger partial charge in [0.05, 0.1) is 18.0 Å². The van der Waals surface area contributed by atoms with Crippen molar-refractivity contribution in [3.63, 3.8) is 0 Å². The van der Waals surface area contributed by atoms with E-state index in [2.05, 4.69) is 19.6 Å². The summed E-state index contributed by atoms with van der Waals surface area (Å²) < 4.78 is 27.3. The molecule has 0 amide bonds. The number of hydrogen-bond acceptors (Lipinski definition) is 5. The zero-order valence-electron chi connectivity index (χ0n) is 14.7. The zero-order valence-corrected chi connectivity index (χ0v) is 15.5. The number of sulfonamides is 1. The van der Waals surface area contributed by atoms with Crippen molar-refractivity contribution in [2.45, 2.75) is 39.0 Å².